The van der Waals surface area contributed by atoms with Crippen molar-refractivity contribution in [3.8, 4) is 11.6 Å². The van der Waals surface area contributed by atoms with Gasteiger partial charge >= 0.3 is 0 Å². The van der Waals surface area contributed by atoms with Gasteiger partial charge in [-0.05, 0) is 37.7 Å². The van der Waals surface area contributed by atoms with E-state index in [-0.39, 0.29) is 11.7 Å². The van der Waals surface area contributed by atoms with Crippen molar-refractivity contribution in [3.63, 3.8) is 0 Å². The predicted molar refractivity (Wildman–Crippen MR) is 85.7 cm³/mol. The molecule has 0 atom stereocenters. The molecule has 1 amide bonds. The SMILES string of the molecule is CNCCCC(=O)NCc1ccc(Oc2cccc(F)c2)nc1. The number of benzene rings is 1. The molecule has 5 nitrogen and oxygen atoms in total. The molecule has 0 bridgehead atoms. The normalized spacial score (nSPS) is 10.3. The summed E-state index contributed by atoms with van der Waals surface area (Å²) in [6.45, 7) is 1.24. The van der Waals surface area contributed by atoms with Crippen LogP contribution in [0, 0.1) is 5.82 Å². The van der Waals surface area contributed by atoms with Gasteiger partial charge in [-0.3, -0.25) is 4.79 Å². The number of carbonyl (C=O) groups is 1. The summed E-state index contributed by atoms with van der Waals surface area (Å²) in [6, 6.07) is 9.37. The molecular formula is C17H20FN3O2. The molecule has 122 valence electrons. The fourth-order valence-electron chi connectivity index (χ4n) is 1.94. The Morgan fingerprint density at radius 3 is 2.87 bits per heavy atom. The minimum absolute atomic E-state index is 0.0142. The highest BCUT2D eigenvalue weighted by Crippen LogP contribution is 2.19. The maximum absolute atomic E-state index is 13.1. The van der Waals surface area contributed by atoms with E-state index < -0.39 is 0 Å². The Morgan fingerprint density at radius 2 is 2.17 bits per heavy atom. The molecule has 0 saturated carbocycles. The number of aromatic nitrogens is 1. The van der Waals surface area contributed by atoms with Gasteiger partial charge in [-0.2, -0.15) is 0 Å². The summed E-state index contributed by atoms with van der Waals surface area (Å²) in [7, 11) is 1.86. The average molecular weight is 317 g/mol. The lowest BCUT2D eigenvalue weighted by atomic mass is 10.2. The Morgan fingerprint density at radius 1 is 1.30 bits per heavy atom. The van der Waals surface area contributed by atoms with Crippen LogP contribution in [0.25, 0.3) is 0 Å². The van der Waals surface area contributed by atoms with E-state index in [2.05, 4.69) is 15.6 Å². The number of nitrogens with zero attached hydrogens (tertiary/aromatic N) is 1. The third-order valence-corrected chi connectivity index (χ3v) is 3.14. The first kappa shape index (κ1) is 16.9. The van der Waals surface area contributed by atoms with Gasteiger partial charge in [0.05, 0.1) is 0 Å². The average Bonchev–Trinajstić information content (AvgIpc) is 2.54. The van der Waals surface area contributed by atoms with E-state index in [4.69, 9.17) is 4.74 Å². The highest BCUT2D eigenvalue weighted by molar-refractivity contribution is 5.75. The number of rotatable bonds is 8. The van der Waals surface area contributed by atoms with Gasteiger partial charge in [0.2, 0.25) is 11.8 Å². The molecule has 6 heteroatoms. The van der Waals surface area contributed by atoms with Crippen LogP contribution in [0.4, 0.5) is 4.39 Å². The minimum atomic E-state index is -0.361. The molecule has 1 aromatic heterocycles. The number of carbonyl (C=O) groups excluding carboxylic acids is 1. The molecule has 0 fully saturated rings. The van der Waals surface area contributed by atoms with E-state index in [0.29, 0.717) is 24.6 Å². The second-order valence-corrected chi connectivity index (χ2v) is 5.05. The summed E-state index contributed by atoms with van der Waals surface area (Å²) in [6.07, 6.45) is 2.93. The van der Waals surface area contributed by atoms with E-state index in [0.717, 1.165) is 18.5 Å². The van der Waals surface area contributed by atoms with E-state index in [1.54, 1.807) is 24.4 Å². The first-order valence-electron chi connectivity index (χ1n) is 7.47. The number of halogens is 1. The van der Waals surface area contributed by atoms with Crippen molar-refractivity contribution < 1.29 is 13.9 Å². The Hall–Kier alpha value is -2.47. The quantitative estimate of drug-likeness (QED) is 0.735. The lowest BCUT2D eigenvalue weighted by molar-refractivity contribution is -0.121. The van der Waals surface area contributed by atoms with E-state index >= 15 is 0 Å². The molecule has 2 N–H and O–H groups in total. The van der Waals surface area contributed by atoms with Crippen LogP contribution in [0.5, 0.6) is 11.6 Å². The minimum Gasteiger partial charge on any atom is -0.439 e. The van der Waals surface area contributed by atoms with Gasteiger partial charge < -0.3 is 15.4 Å². The molecule has 0 unspecified atom stereocenters. The van der Waals surface area contributed by atoms with Crippen molar-refractivity contribution in [1.82, 2.24) is 15.6 Å². The van der Waals surface area contributed by atoms with Crippen molar-refractivity contribution in [2.45, 2.75) is 19.4 Å². The highest BCUT2D eigenvalue weighted by Gasteiger charge is 2.03. The smallest absolute Gasteiger partial charge is 0.220 e. The Bertz CT molecular complexity index is 632. The summed E-state index contributed by atoms with van der Waals surface area (Å²) in [4.78, 5) is 15.8. The largest absolute Gasteiger partial charge is 0.439 e. The van der Waals surface area contributed by atoms with Crippen molar-refractivity contribution >= 4 is 5.91 Å². The van der Waals surface area contributed by atoms with Crippen LogP contribution in [-0.2, 0) is 11.3 Å². The molecule has 1 aromatic carbocycles. The predicted octanol–water partition coefficient (Wildman–Crippen LogP) is 2.63. The molecule has 23 heavy (non-hydrogen) atoms. The Kier molecular flexibility index (Phi) is 6.50. The van der Waals surface area contributed by atoms with Gasteiger partial charge in [-0.25, -0.2) is 9.37 Å². The van der Waals surface area contributed by atoms with E-state index in [1.807, 2.05) is 13.1 Å². The highest BCUT2D eigenvalue weighted by atomic mass is 19.1. The molecule has 2 rings (SSSR count). The van der Waals surface area contributed by atoms with Gasteiger partial charge in [0, 0.05) is 31.3 Å². The molecule has 0 radical (unpaired) electrons. The third kappa shape index (κ3) is 6.04. The van der Waals surface area contributed by atoms with Crippen LogP contribution in [0.1, 0.15) is 18.4 Å². The maximum Gasteiger partial charge on any atom is 0.220 e. The molecule has 0 saturated heterocycles. The van der Waals surface area contributed by atoms with Gasteiger partial charge in [0.25, 0.3) is 0 Å². The number of nitrogens with one attached hydrogen (secondary N) is 2. The number of hydrogen-bond acceptors (Lipinski definition) is 4. The second kappa shape index (κ2) is 8.85. The van der Waals surface area contributed by atoms with Crippen LogP contribution in [0.3, 0.4) is 0 Å². The first-order chi connectivity index (χ1) is 11.2. The van der Waals surface area contributed by atoms with Crippen LogP contribution >= 0.6 is 0 Å². The number of ether oxygens (including phenoxy) is 1. The zero-order chi connectivity index (χ0) is 16.5. The topological polar surface area (TPSA) is 63.2 Å². The standard InChI is InChI=1S/C17H20FN3O2/c1-19-9-3-6-16(22)20-11-13-7-8-17(21-12-13)23-15-5-2-4-14(18)10-15/h2,4-5,7-8,10,12,19H,3,6,9,11H2,1H3,(H,20,22). The first-order valence-corrected chi connectivity index (χ1v) is 7.47. The number of hydrogen-bond donors (Lipinski definition) is 2. The lowest BCUT2D eigenvalue weighted by Gasteiger charge is -2.07. The number of amides is 1. The van der Waals surface area contributed by atoms with E-state index in [1.165, 1.54) is 12.1 Å². The monoisotopic (exact) mass is 317 g/mol. The molecule has 2 aromatic rings. The summed E-state index contributed by atoms with van der Waals surface area (Å²) in [5.74, 6) is 0.420. The molecule has 0 spiro atoms. The Labute approximate surface area is 134 Å². The van der Waals surface area contributed by atoms with Crippen LogP contribution < -0.4 is 15.4 Å². The fourth-order valence-corrected chi connectivity index (χ4v) is 1.94. The van der Waals surface area contributed by atoms with Crippen molar-refractivity contribution in [2.75, 3.05) is 13.6 Å². The summed E-state index contributed by atoms with van der Waals surface area (Å²) in [5.41, 5.74) is 0.874. The van der Waals surface area contributed by atoms with Gasteiger partial charge in [0.1, 0.15) is 11.6 Å². The van der Waals surface area contributed by atoms with Crippen LogP contribution in [-0.4, -0.2) is 24.5 Å². The molecule has 0 aliphatic rings. The molecule has 0 aliphatic carbocycles. The summed E-state index contributed by atoms with van der Waals surface area (Å²) in [5, 5.41) is 5.84. The van der Waals surface area contributed by atoms with Gasteiger partial charge in [-0.1, -0.05) is 12.1 Å². The van der Waals surface area contributed by atoms with Gasteiger partial charge in [-0.15, -0.1) is 0 Å². The molecule has 0 aliphatic heterocycles. The zero-order valence-corrected chi connectivity index (χ0v) is 13.0. The van der Waals surface area contributed by atoms with E-state index in [9.17, 15) is 9.18 Å². The summed E-state index contributed by atoms with van der Waals surface area (Å²) < 4.78 is 18.5. The Balaban J connectivity index is 1.81. The van der Waals surface area contributed by atoms with Crippen molar-refractivity contribution in [2.24, 2.45) is 0 Å². The molecular weight excluding hydrogens is 297 g/mol. The number of pyridine rings is 1. The maximum atomic E-state index is 13.1. The van der Waals surface area contributed by atoms with Crippen molar-refractivity contribution in [3.05, 3.63) is 54.0 Å². The fraction of sp³-hybridized carbons (Fsp3) is 0.294. The van der Waals surface area contributed by atoms with Crippen LogP contribution in [0.2, 0.25) is 0 Å². The second-order valence-electron chi connectivity index (χ2n) is 5.05. The lowest BCUT2D eigenvalue weighted by Crippen LogP contribution is -2.23. The van der Waals surface area contributed by atoms with Gasteiger partial charge in [0.15, 0.2) is 0 Å². The van der Waals surface area contributed by atoms with Crippen molar-refractivity contribution in [1.29, 1.82) is 0 Å². The summed E-state index contributed by atoms with van der Waals surface area (Å²) >= 11 is 0. The zero-order valence-electron chi connectivity index (χ0n) is 13.0. The van der Waals surface area contributed by atoms with Crippen LogP contribution in [0.15, 0.2) is 42.6 Å². The third-order valence-electron chi connectivity index (χ3n) is 3.14. The molecule has 1 heterocycles.